The highest BCUT2D eigenvalue weighted by Gasteiger charge is 2.26. The van der Waals surface area contributed by atoms with Crippen LogP contribution in [0.15, 0.2) is 0 Å². The van der Waals surface area contributed by atoms with Gasteiger partial charge in [0.05, 0.1) is 25.4 Å². The van der Waals surface area contributed by atoms with E-state index >= 15 is 0 Å². The molecule has 0 spiro atoms. The number of morpholine rings is 1. The lowest BCUT2D eigenvalue weighted by atomic mass is 9.93. The van der Waals surface area contributed by atoms with E-state index in [0.29, 0.717) is 12.6 Å². The van der Waals surface area contributed by atoms with Crippen LogP contribution in [0.2, 0.25) is 0 Å². The number of ether oxygens (including phenoxy) is 2. The second-order valence-electron chi connectivity index (χ2n) is 5.90. The molecule has 2 rings (SSSR count). The van der Waals surface area contributed by atoms with Gasteiger partial charge in [-0.15, -0.1) is 0 Å². The first-order chi connectivity index (χ1) is 8.66. The van der Waals surface area contributed by atoms with Gasteiger partial charge < -0.3 is 15.2 Å². The standard InChI is InChI=1S/C14H28N2O2/c1-11(2)16-7-8-17-12(9-16)10-18-14-6-4-3-5-13(14)15/h11-14H,3-10,15H2,1-2H3. The largest absolute Gasteiger partial charge is 0.374 e. The van der Waals surface area contributed by atoms with Crippen molar-refractivity contribution in [1.82, 2.24) is 4.90 Å². The van der Waals surface area contributed by atoms with E-state index in [2.05, 4.69) is 18.7 Å². The number of nitrogens with two attached hydrogens (primary N) is 1. The molecule has 2 aliphatic rings. The summed E-state index contributed by atoms with van der Waals surface area (Å²) in [6.45, 7) is 8.02. The first kappa shape index (κ1) is 14.3. The molecule has 3 atom stereocenters. The molecule has 0 aromatic rings. The van der Waals surface area contributed by atoms with Crippen LogP contribution in [0.25, 0.3) is 0 Å². The highest BCUT2D eigenvalue weighted by molar-refractivity contribution is 4.80. The molecule has 2 fully saturated rings. The Labute approximate surface area is 111 Å². The van der Waals surface area contributed by atoms with Crippen LogP contribution in [0.1, 0.15) is 39.5 Å². The van der Waals surface area contributed by atoms with Crippen LogP contribution in [-0.2, 0) is 9.47 Å². The lowest BCUT2D eigenvalue weighted by Gasteiger charge is -2.36. The van der Waals surface area contributed by atoms with Gasteiger partial charge in [-0.25, -0.2) is 0 Å². The minimum Gasteiger partial charge on any atom is -0.374 e. The minimum atomic E-state index is 0.218. The van der Waals surface area contributed by atoms with Crippen molar-refractivity contribution in [1.29, 1.82) is 0 Å². The number of nitrogens with zero attached hydrogens (tertiary/aromatic N) is 1. The first-order valence-electron chi connectivity index (χ1n) is 7.39. The van der Waals surface area contributed by atoms with Crippen LogP contribution < -0.4 is 5.73 Å². The fraction of sp³-hybridized carbons (Fsp3) is 1.00. The Morgan fingerprint density at radius 1 is 1.33 bits per heavy atom. The Hall–Kier alpha value is -0.160. The van der Waals surface area contributed by atoms with E-state index in [1.807, 2.05) is 0 Å². The summed E-state index contributed by atoms with van der Waals surface area (Å²) in [6, 6.07) is 0.817. The van der Waals surface area contributed by atoms with Crippen LogP contribution in [-0.4, -0.2) is 55.5 Å². The lowest BCUT2D eigenvalue weighted by molar-refractivity contribution is -0.0979. The third-order valence-electron chi connectivity index (χ3n) is 4.15. The summed E-state index contributed by atoms with van der Waals surface area (Å²) in [5, 5.41) is 0. The summed E-state index contributed by atoms with van der Waals surface area (Å²) in [5.74, 6) is 0. The van der Waals surface area contributed by atoms with Gasteiger partial charge in [0, 0.05) is 25.2 Å². The topological polar surface area (TPSA) is 47.7 Å². The van der Waals surface area contributed by atoms with E-state index in [9.17, 15) is 0 Å². The summed E-state index contributed by atoms with van der Waals surface area (Å²) in [6.07, 6.45) is 5.19. The zero-order valence-corrected chi connectivity index (χ0v) is 11.8. The number of rotatable bonds is 4. The molecule has 2 N–H and O–H groups in total. The summed E-state index contributed by atoms with van der Waals surface area (Å²) in [7, 11) is 0. The summed E-state index contributed by atoms with van der Waals surface area (Å²) in [4.78, 5) is 2.46. The van der Waals surface area contributed by atoms with Crippen LogP contribution in [0.4, 0.5) is 0 Å². The van der Waals surface area contributed by atoms with Crippen molar-refractivity contribution in [3.8, 4) is 0 Å². The second-order valence-corrected chi connectivity index (χ2v) is 5.90. The van der Waals surface area contributed by atoms with E-state index in [0.717, 1.165) is 32.5 Å². The average Bonchev–Trinajstić information content (AvgIpc) is 2.38. The Balaban J connectivity index is 1.72. The third kappa shape index (κ3) is 3.92. The maximum absolute atomic E-state index is 6.09. The third-order valence-corrected chi connectivity index (χ3v) is 4.15. The molecule has 0 aromatic carbocycles. The van der Waals surface area contributed by atoms with Crippen molar-refractivity contribution in [2.75, 3.05) is 26.3 Å². The Bertz CT molecular complexity index is 248. The van der Waals surface area contributed by atoms with Crippen LogP contribution in [0.5, 0.6) is 0 Å². The second kappa shape index (κ2) is 6.85. The van der Waals surface area contributed by atoms with E-state index < -0.39 is 0 Å². The first-order valence-corrected chi connectivity index (χ1v) is 7.39. The quantitative estimate of drug-likeness (QED) is 0.825. The van der Waals surface area contributed by atoms with Gasteiger partial charge in [-0.3, -0.25) is 4.90 Å². The van der Waals surface area contributed by atoms with Gasteiger partial charge >= 0.3 is 0 Å². The molecule has 0 bridgehead atoms. The monoisotopic (exact) mass is 256 g/mol. The van der Waals surface area contributed by atoms with Crippen molar-refractivity contribution in [2.45, 2.75) is 63.8 Å². The number of hydrogen-bond donors (Lipinski definition) is 1. The molecule has 0 radical (unpaired) electrons. The van der Waals surface area contributed by atoms with Gasteiger partial charge in [0.1, 0.15) is 0 Å². The highest BCUT2D eigenvalue weighted by atomic mass is 16.5. The molecule has 1 aliphatic carbocycles. The summed E-state index contributed by atoms with van der Waals surface area (Å²) >= 11 is 0. The normalized spacial score (nSPS) is 35.0. The molecule has 106 valence electrons. The molecule has 1 heterocycles. The molecular weight excluding hydrogens is 228 g/mol. The lowest BCUT2D eigenvalue weighted by Crippen LogP contribution is -2.48. The predicted molar refractivity (Wildman–Crippen MR) is 72.6 cm³/mol. The fourth-order valence-electron chi connectivity index (χ4n) is 2.88. The Morgan fingerprint density at radius 3 is 2.83 bits per heavy atom. The highest BCUT2D eigenvalue weighted by Crippen LogP contribution is 2.20. The van der Waals surface area contributed by atoms with Gasteiger partial charge in [0.25, 0.3) is 0 Å². The van der Waals surface area contributed by atoms with E-state index in [4.69, 9.17) is 15.2 Å². The van der Waals surface area contributed by atoms with Gasteiger partial charge in [-0.05, 0) is 26.7 Å². The Morgan fingerprint density at radius 2 is 2.11 bits per heavy atom. The number of hydrogen-bond acceptors (Lipinski definition) is 4. The van der Waals surface area contributed by atoms with Gasteiger partial charge in [-0.1, -0.05) is 12.8 Å². The Kier molecular flexibility index (Phi) is 5.42. The molecule has 4 nitrogen and oxygen atoms in total. The minimum absolute atomic E-state index is 0.218. The molecule has 1 saturated carbocycles. The molecular formula is C14H28N2O2. The maximum atomic E-state index is 6.09. The van der Waals surface area contributed by atoms with E-state index in [1.54, 1.807) is 0 Å². The fourth-order valence-corrected chi connectivity index (χ4v) is 2.88. The van der Waals surface area contributed by atoms with Crippen molar-refractivity contribution in [3.63, 3.8) is 0 Å². The van der Waals surface area contributed by atoms with Crippen molar-refractivity contribution < 1.29 is 9.47 Å². The van der Waals surface area contributed by atoms with Crippen LogP contribution in [0.3, 0.4) is 0 Å². The maximum Gasteiger partial charge on any atom is 0.0935 e. The van der Waals surface area contributed by atoms with Gasteiger partial charge in [0.15, 0.2) is 0 Å². The molecule has 0 aromatic heterocycles. The van der Waals surface area contributed by atoms with Crippen molar-refractivity contribution in [3.05, 3.63) is 0 Å². The van der Waals surface area contributed by atoms with Crippen molar-refractivity contribution in [2.24, 2.45) is 5.73 Å². The molecule has 3 unspecified atom stereocenters. The average molecular weight is 256 g/mol. The molecule has 1 saturated heterocycles. The SMILES string of the molecule is CC(C)N1CCOC(COC2CCCCC2N)C1. The molecule has 4 heteroatoms. The van der Waals surface area contributed by atoms with Crippen molar-refractivity contribution >= 4 is 0 Å². The summed E-state index contributed by atoms with van der Waals surface area (Å²) < 4.78 is 11.8. The van der Waals surface area contributed by atoms with Crippen LogP contribution in [0, 0.1) is 0 Å². The molecule has 1 aliphatic heterocycles. The smallest absolute Gasteiger partial charge is 0.0935 e. The van der Waals surface area contributed by atoms with Gasteiger partial charge in [-0.2, -0.15) is 0 Å². The molecule has 0 amide bonds. The van der Waals surface area contributed by atoms with E-state index in [-0.39, 0.29) is 18.2 Å². The van der Waals surface area contributed by atoms with Gasteiger partial charge in [0.2, 0.25) is 0 Å². The van der Waals surface area contributed by atoms with Crippen LogP contribution >= 0.6 is 0 Å². The zero-order chi connectivity index (χ0) is 13.0. The predicted octanol–water partition coefficient (Wildman–Crippen LogP) is 1.38. The molecule has 18 heavy (non-hydrogen) atoms. The zero-order valence-electron chi connectivity index (χ0n) is 11.8. The summed E-state index contributed by atoms with van der Waals surface area (Å²) in [5.41, 5.74) is 6.09. The van der Waals surface area contributed by atoms with E-state index in [1.165, 1.54) is 12.8 Å².